The maximum absolute atomic E-state index is 13.3. The molecule has 0 fully saturated rings. The van der Waals surface area contributed by atoms with Crippen LogP contribution in [0, 0.1) is 6.92 Å². The molecule has 0 saturated carbocycles. The number of fused-ring (bicyclic) bond motifs is 1. The highest BCUT2D eigenvalue weighted by Gasteiger charge is 2.21. The summed E-state index contributed by atoms with van der Waals surface area (Å²) in [5.41, 5.74) is 0.823. The minimum Gasteiger partial charge on any atom is -0.305 e. The van der Waals surface area contributed by atoms with Gasteiger partial charge in [0.15, 0.2) is 11.5 Å². The Labute approximate surface area is 179 Å². The van der Waals surface area contributed by atoms with Crippen LogP contribution in [0.25, 0.3) is 5.65 Å². The molecule has 0 atom stereocenters. The molecular weight excluding hydrogens is 437 g/mol. The van der Waals surface area contributed by atoms with Crippen molar-refractivity contribution in [2.24, 2.45) is 0 Å². The molecule has 154 valence electrons. The molecule has 0 unspecified atom stereocenters. The summed E-state index contributed by atoms with van der Waals surface area (Å²) >= 11 is 12.4. The van der Waals surface area contributed by atoms with Crippen LogP contribution >= 0.6 is 23.2 Å². The third-order valence-corrected chi connectivity index (χ3v) is 5.07. The second kappa shape index (κ2) is 8.00. The number of rotatable bonds is 5. The van der Waals surface area contributed by atoms with Crippen LogP contribution in [0.1, 0.15) is 33.7 Å². The summed E-state index contributed by atoms with van der Waals surface area (Å²) in [6, 6.07) is 8.02. The number of benzene rings is 1. The summed E-state index contributed by atoms with van der Waals surface area (Å²) < 4.78 is 29.0. The van der Waals surface area contributed by atoms with Gasteiger partial charge in [-0.15, -0.1) is 0 Å². The molecule has 0 aliphatic rings. The first-order chi connectivity index (χ1) is 14.3. The Morgan fingerprint density at radius 1 is 1.23 bits per heavy atom. The average molecular weight is 451 g/mol. The minimum atomic E-state index is -2.75. The lowest BCUT2D eigenvalue weighted by Crippen LogP contribution is -2.13. The molecule has 7 nitrogen and oxygen atoms in total. The van der Waals surface area contributed by atoms with Crippen LogP contribution < -0.4 is 5.32 Å². The number of hydrogen-bond donors (Lipinski definition) is 1. The quantitative estimate of drug-likeness (QED) is 0.474. The molecule has 0 aliphatic heterocycles. The molecule has 30 heavy (non-hydrogen) atoms. The third-order valence-electron chi connectivity index (χ3n) is 4.36. The van der Waals surface area contributed by atoms with E-state index in [0.29, 0.717) is 27.8 Å². The molecule has 0 radical (unpaired) electrons. The van der Waals surface area contributed by atoms with Gasteiger partial charge in [0, 0.05) is 33.6 Å². The molecule has 1 aromatic carbocycles. The highest BCUT2D eigenvalue weighted by molar-refractivity contribution is 6.35. The number of alkyl halides is 2. The molecule has 4 rings (SSSR count). The Kier molecular flexibility index (Phi) is 5.40. The number of amides is 1. The van der Waals surface area contributed by atoms with E-state index in [0.717, 1.165) is 4.52 Å². The number of aromatic nitrogens is 5. The van der Waals surface area contributed by atoms with Crippen molar-refractivity contribution in [3.05, 3.63) is 75.3 Å². The van der Waals surface area contributed by atoms with Crippen molar-refractivity contribution in [2.75, 3.05) is 5.32 Å². The summed E-state index contributed by atoms with van der Waals surface area (Å²) in [4.78, 5) is 16.8. The summed E-state index contributed by atoms with van der Waals surface area (Å²) in [6.45, 7) is 1.88. The van der Waals surface area contributed by atoms with Crippen LogP contribution in [0.4, 0.5) is 14.6 Å². The summed E-state index contributed by atoms with van der Waals surface area (Å²) in [6.07, 6.45) is 0.101. The first-order valence-electron chi connectivity index (χ1n) is 8.74. The first-order valence-corrected chi connectivity index (χ1v) is 9.50. The van der Waals surface area contributed by atoms with E-state index >= 15 is 0 Å². The molecule has 4 aromatic rings. The van der Waals surface area contributed by atoms with E-state index in [1.165, 1.54) is 12.3 Å². The van der Waals surface area contributed by atoms with E-state index in [1.54, 1.807) is 42.1 Å². The van der Waals surface area contributed by atoms with Gasteiger partial charge < -0.3 is 5.32 Å². The third kappa shape index (κ3) is 3.86. The largest absolute Gasteiger partial charge is 0.305 e. The summed E-state index contributed by atoms with van der Waals surface area (Å²) in [5.74, 6) is -0.298. The van der Waals surface area contributed by atoms with E-state index in [-0.39, 0.29) is 22.7 Å². The molecule has 0 bridgehead atoms. The molecule has 3 heterocycles. The highest BCUT2D eigenvalue weighted by Crippen LogP contribution is 2.25. The normalized spacial score (nSPS) is 11.4. The lowest BCUT2D eigenvalue weighted by atomic mass is 10.2. The van der Waals surface area contributed by atoms with Gasteiger partial charge in [0.25, 0.3) is 12.3 Å². The predicted molar refractivity (Wildman–Crippen MR) is 108 cm³/mol. The Hall–Kier alpha value is -3.04. The Balaban J connectivity index is 1.57. The lowest BCUT2D eigenvalue weighted by Gasteiger charge is -2.07. The lowest BCUT2D eigenvalue weighted by molar-refractivity contribution is 0.102. The average Bonchev–Trinajstić information content (AvgIpc) is 3.30. The second-order valence-electron chi connectivity index (χ2n) is 6.47. The monoisotopic (exact) mass is 450 g/mol. The number of anilines is 1. The van der Waals surface area contributed by atoms with E-state index in [2.05, 4.69) is 20.5 Å². The van der Waals surface area contributed by atoms with E-state index < -0.39 is 12.3 Å². The van der Waals surface area contributed by atoms with Crippen LogP contribution in [0.2, 0.25) is 10.0 Å². The second-order valence-corrected chi connectivity index (χ2v) is 7.28. The zero-order chi connectivity index (χ0) is 21.4. The molecule has 0 aliphatic carbocycles. The van der Waals surface area contributed by atoms with Crippen molar-refractivity contribution in [2.45, 2.75) is 19.9 Å². The maximum Gasteiger partial charge on any atom is 0.280 e. The highest BCUT2D eigenvalue weighted by atomic mass is 35.5. The number of nitrogens with one attached hydrogen (secondary N) is 1. The van der Waals surface area contributed by atoms with Gasteiger partial charge in [-0.1, -0.05) is 29.3 Å². The molecular formula is C19H14Cl2F2N6O. The van der Waals surface area contributed by atoms with Gasteiger partial charge in [-0.3, -0.25) is 9.48 Å². The van der Waals surface area contributed by atoms with Crippen molar-refractivity contribution in [3.63, 3.8) is 0 Å². The fraction of sp³-hybridized carbons (Fsp3) is 0.158. The van der Waals surface area contributed by atoms with Gasteiger partial charge in [0.2, 0.25) is 0 Å². The number of nitrogens with zero attached hydrogens (tertiary/aromatic N) is 5. The van der Waals surface area contributed by atoms with Crippen LogP contribution in [0.3, 0.4) is 0 Å². The molecule has 0 saturated heterocycles. The molecule has 11 heteroatoms. The Bertz CT molecular complexity index is 1230. The topological polar surface area (TPSA) is 77.1 Å². The smallest absolute Gasteiger partial charge is 0.280 e. The van der Waals surface area contributed by atoms with Crippen molar-refractivity contribution in [1.29, 1.82) is 0 Å². The van der Waals surface area contributed by atoms with Gasteiger partial charge in [-0.2, -0.15) is 10.2 Å². The molecule has 1 amide bonds. The van der Waals surface area contributed by atoms with Crippen molar-refractivity contribution in [1.82, 2.24) is 24.4 Å². The first kappa shape index (κ1) is 20.2. The van der Waals surface area contributed by atoms with Gasteiger partial charge in [-0.25, -0.2) is 18.3 Å². The number of hydrogen-bond acceptors (Lipinski definition) is 4. The van der Waals surface area contributed by atoms with Crippen LogP contribution in [-0.2, 0) is 6.54 Å². The van der Waals surface area contributed by atoms with Gasteiger partial charge in [-0.05, 0) is 25.1 Å². The van der Waals surface area contributed by atoms with Crippen molar-refractivity contribution >= 4 is 40.6 Å². The van der Waals surface area contributed by atoms with Gasteiger partial charge >= 0.3 is 0 Å². The zero-order valence-corrected chi connectivity index (χ0v) is 17.0. The minimum absolute atomic E-state index is 0.0464. The van der Waals surface area contributed by atoms with Crippen molar-refractivity contribution in [3.8, 4) is 0 Å². The SMILES string of the molecule is Cc1cc(C(F)F)n2ncc(C(=O)Nc3ccn(Cc4c(Cl)cccc4Cl)n3)c2n1. The van der Waals surface area contributed by atoms with Gasteiger partial charge in [0.1, 0.15) is 11.3 Å². The number of aryl methyl sites for hydroxylation is 1. The van der Waals surface area contributed by atoms with Gasteiger partial charge in [0.05, 0.1) is 12.7 Å². The van der Waals surface area contributed by atoms with E-state index in [9.17, 15) is 13.6 Å². The Morgan fingerprint density at radius 2 is 1.97 bits per heavy atom. The fourth-order valence-corrected chi connectivity index (χ4v) is 3.49. The van der Waals surface area contributed by atoms with Crippen LogP contribution in [0.5, 0.6) is 0 Å². The molecule has 3 aromatic heterocycles. The van der Waals surface area contributed by atoms with Crippen LogP contribution in [-0.4, -0.2) is 30.3 Å². The van der Waals surface area contributed by atoms with E-state index in [1.807, 2.05) is 0 Å². The van der Waals surface area contributed by atoms with Crippen LogP contribution in [0.15, 0.2) is 42.7 Å². The zero-order valence-electron chi connectivity index (χ0n) is 15.5. The number of carbonyl (C=O) groups is 1. The predicted octanol–water partition coefficient (Wildman–Crippen LogP) is 4.78. The van der Waals surface area contributed by atoms with E-state index in [4.69, 9.17) is 23.2 Å². The number of halogens is 4. The Morgan fingerprint density at radius 3 is 2.67 bits per heavy atom. The standard InChI is InChI=1S/C19H14Cl2F2N6O/c1-10-7-15(17(22)23)29-18(25-10)11(8-24-29)19(30)26-16-5-6-28(27-16)9-12-13(20)3-2-4-14(12)21/h2-8,17H,9H2,1H3,(H,26,27,30). The van der Waals surface area contributed by atoms with Crippen molar-refractivity contribution < 1.29 is 13.6 Å². The molecule has 1 N–H and O–H groups in total. The molecule has 0 spiro atoms. The maximum atomic E-state index is 13.3. The fourth-order valence-electron chi connectivity index (χ4n) is 2.97. The summed E-state index contributed by atoms with van der Waals surface area (Å²) in [7, 11) is 0. The number of carbonyl (C=O) groups excluding carboxylic acids is 1. The summed E-state index contributed by atoms with van der Waals surface area (Å²) in [5, 5.41) is 11.8.